The highest BCUT2D eigenvalue weighted by Gasteiger charge is 2.13. The van der Waals surface area contributed by atoms with Gasteiger partial charge in [0.05, 0.1) is 12.7 Å². The van der Waals surface area contributed by atoms with E-state index in [0.717, 1.165) is 11.1 Å². The van der Waals surface area contributed by atoms with E-state index in [2.05, 4.69) is 10.1 Å². The molecule has 3 aromatic rings. The Hall–Kier alpha value is -3.66. The van der Waals surface area contributed by atoms with Crippen LogP contribution in [0.1, 0.15) is 21.5 Å². The number of anilines is 1. The van der Waals surface area contributed by atoms with Crippen molar-refractivity contribution in [2.24, 2.45) is 0 Å². The van der Waals surface area contributed by atoms with Crippen molar-refractivity contribution in [2.75, 3.05) is 12.4 Å². The number of amides is 1. The van der Waals surface area contributed by atoms with Crippen LogP contribution < -0.4 is 5.32 Å². The van der Waals surface area contributed by atoms with Gasteiger partial charge in [0.2, 0.25) is 0 Å². The summed E-state index contributed by atoms with van der Waals surface area (Å²) in [6.07, 6.45) is 1.85. The zero-order valence-corrected chi connectivity index (χ0v) is 14.9. The van der Waals surface area contributed by atoms with Crippen LogP contribution in [0, 0.1) is 0 Å². The van der Waals surface area contributed by atoms with Crippen molar-refractivity contribution in [3.8, 4) is 0 Å². The monoisotopic (exact) mass is 357 g/mol. The fraction of sp³-hybridized carbons (Fsp3) is 0.0435. The highest BCUT2D eigenvalue weighted by atomic mass is 16.5. The summed E-state index contributed by atoms with van der Waals surface area (Å²) in [6.45, 7) is 0. The molecule has 0 bridgehead atoms. The molecule has 3 rings (SSSR count). The first-order chi connectivity index (χ1) is 13.2. The molecule has 0 aliphatic carbocycles. The van der Waals surface area contributed by atoms with E-state index in [9.17, 15) is 9.59 Å². The molecule has 4 nitrogen and oxygen atoms in total. The summed E-state index contributed by atoms with van der Waals surface area (Å²) in [4.78, 5) is 24.4. The minimum atomic E-state index is -0.415. The number of methoxy groups -OCH3 is 1. The van der Waals surface area contributed by atoms with Crippen molar-refractivity contribution < 1.29 is 14.3 Å². The molecule has 134 valence electrons. The molecule has 0 fully saturated rings. The third kappa shape index (κ3) is 4.70. The van der Waals surface area contributed by atoms with E-state index in [1.54, 1.807) is 24.3 Å². The Kier molecular flexibility index (Phi) is 5.80. The molecule has 0 saturated carbocycles. The van der Waals surface area contributed by atoms with E-state index in [0.29, 0.717) is 16.8 Å². The number of hydrogen-bond donors (Lipinski definition) is 1. The van der Waals surface area contributed by atoms with Gasteiger partial charge in [-0.1, -0.05) is 60.7 Å². The Balaban J connectivity index is 1.87. The van der Waals surface area contributed by atoms with Crippen molar-refractivity contribution in [1.29, 1.82) is 0 Å². The molecule has 0 radical (unpaired) electrons. The molecule has 0 aromatic heterocycles. The van der Waals surface area contributed by atoms with Crippen molar-refractivity contribution in [3.05, 3.63) is 102 Å². The van der Waals surface area contributed by atoms with E-state index < -0.39 is 5.97 Å². The normalized spacial score (nSPS) is 10.9. The summed E-state index contributed by atoms with van der Waals surface area (Å²) in [5, 5.41) is 2.89. The lowest BCUT2D eigenvalue weighted by Gasteiger charge is -2.10. The van der Waals surface area contributed by atoms with Crippen LogP contribution in [0.2, 0.25) is 0 Å². The Morgan fingerprint density at radius 3 is 1.96 bits per heavy atom. The van der Waals surface area contributed by atoms with E-state index in [1.165, 1.54) is 7.11 Å². The van der Waals surface area contributed by atoms with Crippen LogP contribution in [0.5, 0.6) is 0 Å². The number of hydrogen-bond acceptors (Lipinski definition) is 3. The molecule has 0 aliphatic heterocycles. The summed E-state index contributed by atoms with van der Waals surface area (Å²) in [6, 6.07) is 25.8. The molecule has 0 aliphatic rings. The molecule has 4 heteroatoms. The van der Waals surface area contributed by atoms with Crippen molar-refractivity contribution in [3.63, 3.8) is 0 Å². The lowest BCUT2D eigenvalue weighted by molar-refractivity contribution is -0.111. The lowest BCUT2D eigenvalue weighted by atomic mass is 10.0. The van der Waals surface area contributed by atoms with Gasteiger partial charge in [0.15, 0.2) is 0 Å². The van der Waals surface area contributed by atoms with Gasteiger partial charge >= 0.3 is 5.97 Å². The highest BCUT2D eigenvalue weighted by Crippen LogP contribution is 2.21. The average Bonchev–Trinajstić information content (AvgIpc) is 2.73. The molecule has 0 saturated heterocycles. The smallest absolute Gasteiger partial charge is 0.337 e. The standard InChI is InChI=1S/C23H19NO3/c1-27-23(26)19-12-14-20(15-13-19)24-22(25)21(18-10-6-3-7-11-18)16-17-8-4-2-5-9-17/h2-16H,1H3,(H,24,25)/b21-16+. The molecule has 3 aromatic carbocycles. The van der Waals surface area contributed by atoms with Gasteiger partial charge < -0.3 is 10.1 Å². The molecule has 0 unspecified atom stereocenters. The second-order valence-corrected chi connectivity index (χ2v) is 5.86. The highest BCUT2D eigenvalue weighted by molar-refractivity contribution is 6.29. The van der Waals surface area contributed by atoms with Gasteiger partial charge in [-0.05, 0) is 41.5 Å². The Morgan fingerprint density at radius 1 is 0.778 bits per heavy atom. The molecule has 0 heterocycles. The molecule has 0 spiro atoms. The lowest BCUT2D eigenvalue weighted by Crippen LogP contribution is -2.14. The van der Waals surface area contributed by atoms with Gasteiger partial charge in [-0.3, -0.25) is 4.79 Å². The van der Waals surface area contributed by atoms with Crippen LogP contribution in [0.3, 0.4) is 0 Å². The molecular weight excluding hydrogens is 338 g/mol. The number of carbonyl (C=O) groups is 2. The van der Waals surface area contributed by atoms with Gasteiger partial charge in [-0.25, -0.2) is 4.79 Å². The summed E-state index contributed by atoms with van der Waals surface area (Å²) < 4.78 is 4.68. The maximum Gasteiger partial charge on any atom is 0.337 e. The van der Waals surface area contributed by atoms with Gasteiger partial charge in [0.1, 0.15) is 0 Å². The number of benzene rings is 3. The van der Waals surface area contributed by atoms with Crippen LogP contribution in [0.4, 0.5) is 5.69 Å². The predicted molar refractivity (Wildman–Crippen MR) is 107 cm³/mol. The Labute approximate surface area is 158 Å². The molecule has 1 amide bonds. The SMILES string of the molecule is COC(=O)c1ccc(NC(=O)/C(=C/c2ccccc2)c2ccccc2)cc1. The number of nitrogens with one attached hydrogen (secondary N) is 1. The second-order valence-electron chi connectivity index (χ2n) is 5.86. The number of rotatable bonds is 5. The van der Waals surface area contributed by atoms with E-state index in [1.807, 2.05) is 66.7 Å². The first kappa shape index (κ1) is 18.1. The summed E-state index contributed by atoms with van der Waals surface area (Å²) in [7, 11) is 1.33. The van der Waals surface area contributed by atoms with Gasteiger partial charge in [0.25, 0.3) is 5.91 Å². The fourth-order valence-corrected chi connectivity index (χ4v) is 2.62. The summed E-state index contributed by atoms with van der Waals surface area (Å²) in [5.41, 5.74) is 3.34. The fourth-order valence-electron chi connectivity index (χ4n) is 2.62. The Morgan fingerprint density at radius 2 is 1.37 bits per heavy atom. The minimum Gasteiger partial charge on any atom is -0.465 e. The minimum absolute atomic E-state index is 0.226. The molecule has 27 heavy (non-hydrogen) atoms. The third-order valence-electron chi connectivity index (χ3n) is 4.00. The largest absolute Gasteiger partial charge is 0.465 e. The van der Waals surface area contributed by atoms with Crippen molar-refractivity contribution in [2.45, 2.75) is 0 Å². The maximum atomic E-state index is 12.9. The number of esters is 1. The van der Waals surface area contributed by atoms with Crippen molar-refractivity contribution >= 4 is 29.2 Å². The zero-order valence-electron chi connectivity index (χ0n) is 14.9. The predicted octanol–water partition coefficient (Wildman–Crippen LogP) is 4.65. The van der Waals surface area contributed by atoms with E-state index >= 15 is 0 Å². The van der Waals surface area contributed by atoms with Crippen molar-refractivity contribution in [1.82, 2.24) is 0 Å². The Bertz CT molecular complexity index is 946. The first-order valence-electron chi connectivity index (χ1n) is 8.49. The zero-order chi connectivity index (χ0) is 19.1. The average molecular weight is 357 g/mol. The van der Waals surface area contributed by atoms with E-state index in [-0.39, 0.29) is 5.91 Å². The van der Waals surface area contributed by atoms with E-state index in [4.69, 9.17) is 0 Å². The van der Waals surface area contributed by atoms with Crippen LogP contribution in [-0.2, 0) is 9.53 Å². The van der Waals surface area contributed by atoms with Crippen LogP contribution in [-0.4, -0.2) is 19.0 Å². The van der Waals surface area contributed by atoms with Gasteiger partial charge in [-0.15, -0.1) is 0 Å². The third-order valence-corrected chi connectivity index (χ3v) is 4.00. The van der Waals surface area contributed by atoms with Crippen LogP contribution >= 0.6 is 0 Å². The maximum absolute atomic E-state index is 12.9. The number of ether oxygens (including phenoxy) is 1. The quantitative estimate of drug-likeness (QED) is 0.411. The topological polar surface area (TPSA) is 55.4 Å². The summed E-state index contributed by atoms with van der Waals surface area (Å²) in [5.74, 6) is -0.641. The molecule has 1 N–H and O–H groups in total. The first-order valence-corrected chi connectivity index (χ1v) is 8.49. The second kappa shape index (κ2) is 8.63. The molecular formula is C23H19NO3. The van der Waals surface area contributed by atoms with Crippen LogP contribution in [0.25, 0.3) is 11.6 Å². The van der Waals surface area contributed by atoms with Crippen LogP contribution in [0.15, 0.2) is 84.9 Å². The number of carbonyl (C=O) groups excluding carboxylic acids is 2. The summed E-state index contributed by atoms with van der Waals surface area (Å²) >= 11 is 0. The molecule has 0 atom stereocenters. The van der Waals surface area contributed by atoms with Gasteiger partial charge in [-0.2, -0.15) is 0 Å². The van der Waals surface area contributed by atoms with Gasteiger partial charge in [0, 0.05) is 11.3 Å².